The smallest absolute Gasteiger partial charge is 0.149 e. The highest BCUT2D eigenvalue weighted by Crippen LogP contribution is 2.33. The first-order chi connectivity index (χ1) is 6.83. The van der Waals surface area contributed by atoms with Gasteiger partial charge in [-0.15, -0.1) is 0 Å². The molecule has 0 bridgehead atoms. The summed E-state index contributed by atoms with van der Waals surface area (Å²) in [6, 6.07) is 7.56. The molecule has 0 aromatic heterocycles. The fraction of sp³-hybridized carbons (Fsp3) is 0.455. The van der Waals surface area contributed by atoms with E-state index in [9.17, 15) is 4.39 Å². The van der Waals surface area contributed by atoms with Crippen LogP contribution < -0.4 is 5.32 Å². The number of halogens is 1. The molecule has 0 amide bonds. The van der Waals surface area contributed by atoms with Crippen molar-refractivity contribution in [1.82, 2.24) is 5.32 Å². The molecular formula is C11H14FNO. The Hall–Kier alpha value is -0.930. The van der Waals surface area contributed by atoms with E-state index in [4.69, 9.17) is 4.74 Å². The van der Waals surface area contributed by atoms with Crippen molar-refractivity contribution in [1.29, 1.82) is 0 Å². The molecule has 1 aromatic rings. The highest BCUT2D eigenvalue weighted by molar-refractivity contribution is 5.33. The quantitative estimate of drug-likeness (QED) is 0.779. The SMILES string of the molecule is CNCC1OCC(F)c2ccccc21. The fourth-order valence-corrected chi connectivity index (χ4v) is 1.82. The third kappa shape index (κ3) is 1.65. The molecule has 0 aliphatic carbocycles. The minimum atomic E-state index is -0.973. The minimum Gasteiger partial charge on any atom is -0.369 e. The van der Waals surface area contributed by atoms with Crippen LogP contribution in [0.25, 0.3) is 0 Å². The van der Waals surface area contributed by atoms with Gasteiger partial charge in [0.1, 0.15) is 6.17 Å². The lowest BCUT2D eigenvalue weighted by molar-refractivity contribution is 0.000545. The van der Waals surface area contributed by atoms with Gasteiger partial charge in [0.15, 0.2) is 0 Å². The number of ether oxygens (including phenoxy) is 1. The monoisotopic (exact) mass is 195 g/mol. The van der Waals surface area contributed by atoms with Gasteiger partial charge in [-0.1, -0.05) is 24.3 Å². The summed E-state index contributed by atoms with van der Waals surface area (Å²) in [4.78, 5) is 0. The second-order valence-electron chi connectivity index (χ2n) is 3.48. The molecule has 14 heavy (non-hydrogen) atoms. The van der Waals surface area contributed by atoms with Gasteiger partial charge in [0.2, 0.25) is 0 Å². The van der Waals surface area contributed by atoms with Crippen LogP contribution in [0.1, 0.15) is 23.4 Å². The van der Waals surface area contributed by atoms with Crippen LogP contribution in [-0.4, -0.2) is 20.2 Å². The van der Waals surface area contributed by atoms with Crippen molar-refractivity contribution in [3.8, 4) is 0 Å². The number of hydrogen-bond donors (Lipinski definition) is 1. The molecule has 2 rings (SSSR count). The van der Waals surface area contributed by atoms with Crippen molar-refractivity contribution in [3.63, 3.8) is 0 Å². The maximum absolute atomic E-state index is 13.4. The van der Waals surface area contributed by atoms with Gasteiger partial charge in [0, 0.05) is 6.54 Å². The van der Waals surface area contributed by atoms with Crippen LogP contribution in [0, 0.1) is 0 Å². The number of rotatable bonds is 2. The van der Waals surface area contributed by atoms with E-state index < -0.39 is 6.17 Å². The van der Waals surface area contributed by atoms with Crippen molar-refractivity contribution in [3.05, 3.63) is 35.4 Å². The summed E-state index contributed by atoms with van der Waals surface area (Å²) < 4.78 is 18.9. The molecule has 2 nitrogen and oxygen atoms in total. The first kappa shape index (κ1) is 9.62. The lowest BCUT2D eigenvalue weighted by Gasteiger charge is -2.28. The third-order valence-corrected chi connectivity index (χ3v) is 2.51. The molecule has 1 aliphatic rings. The molecule has 1 heterocycles. The summed E-state index contributed by atoms with van der Waals surface area (Å²) in [6.45, 7) is 0.896. The van der Waals surface area contributed by atoms with Crippen molar-refractivity contribution < 1.29 is 9.13 Å². The van der Waals surface area contributed by atoms with Gasteiger partial charge in [-0.3, -0.25) is 0 Å². The Kier molecular flexibility index (Phi) is 2.79. The van der Waals surface area contributed by atoms with Crippen LogP contribution in [0.3, 0.4) is 0 Å². The normalized spacial score (nSPS) is 25.9. The Balaban J connectivity index is 2.31. The van der Waals surface area contributed by atoms with Crippen molar-refractivity contribution in [2.75, 3.05) is 20.2 Å². The maximum Gasteiger partial charge on any atom is 0.149 e. The zero-order chi connectivity index (χ0) is 9.97. The largest absolute Gasteiger partial charge is 0.369 e. The molecule has 2 atom stereocenters. The predicted molar refractivity (Wildman–Crippen MR) is 52.9 cm³/mol. The van der Waals surface area contributed by atoms with Gasteiger partial charge in [-0.05, 0) is 18.2 Å². The summed E-state index contributed by atoms with van der Waals surface area (Å²) in [5.41, 5.74) is 1.75. The van der Waals surface area contributed by atoms with E-state index in [2.05, 4.69) is 5.32 Å². The Morgan fingerprint density at radius 2 is 2.14 bits per heavy atom. The van der Waals surface area contributed by atoms with E-state index in [0.717, 1.165) is 17.7 Å². The number of nitrogens with one attached hydrogen (secondary N) is 1. The highest BCUT2D eigenvalue weighted by Gasteiger charge is 2.26. The van der Waals surface area contributed by atoms with Crippen LogP contribution in [0.4, 0.5) is 4.39 Å². The lowest BCUT2D eigenvalue weighted by atomic mass is 9.96. The predicted octanol–water partition coefficient (Wildman–Crippen LogP) is 1.99. The number of hydrogen-bond acceptors (Lipinski definition) is 2. The molecule has 3 heteroatoms. The number of benzene rings is 1. The van der Waals surface area contributed by atoms with Crippen molar-refractivity contribution >= 4 is 0 Å². The van der Waals surface area contributed by atoms with Crippen molar-refractivity contribution in [2.45, 2.75) is 12.3 Å². The van der Waals surface area contributed by atoms with Gasteiger partial charge < -0.3 is 10.1 Å². The number of likely N-dealkylation sites (N-methyl/N-ethyl adjacent to an activating group) is 1. The summed E-state index contributed by atoms with van der Waals surface area (Å²) in [6.07, 6.45) is -0.984. The molecule has 0 radical (unpaired) electrons. The van der Waals surface area contributed by atoms with Crippen LogP contribution in [-0.2, 0) is 4.74 Å². The van der Waals surface area contributed by atoms with E-state index in [1.54, 1.807) is 0 Å². The molecule has 1 aromatic carbocycles. The Morgan fingerprint density at radius 3 is 2.86 bits per heavy atom. The average Bonchev–Trinajstić information content (AvgIpc) is 2.23. The maximum atomic E-state index is 13.4. The van der Waals surface area contributed by atoms with Gasteiger partial charge in [0.05, 0.1) is 12.7 Å². The topological polar surface area (TPSA) is 21.3 Å². The minimum absolute atomic E-state index is 0.0109. The Bertz CT molecular complexity index is 316. The second-order valence-corrected chi connectivity index (χ2v) is 3.48. The van der Waals surface area contributed by atoms with Gasteiger partial charge in [-0.2, -0.15) is 0 Å². The first-order valence-electron chi connectivity index (χ1n) is 4.82. The van der Waals surface area contributed by atoms with Gasteiger partial charge in [-0.25, -0.2) is 4.39 Å². The van der Waals surface area contributed by atoms with E-state index in [0.29, 0.717) is 0 Å². The highest BCUT2D eigenvalue weighted by atomic mass is 19.1. The molecule has 0 saturated heterocycles. The Morgan fingerprint density at radius 1 is 1.43 bits per heavy atom. The molecule has 1 aliphatic heterocycles. The van der Waals surface area contributed by atoms with E-state index in [1.807, 2.05) is 31.3 Å². The standard InChI is InChI=1S/C11H14FNO/c1-13-6-11-9-5-3-2-4-8(9)10(12)7-14-11/h2-5,10-11,13H,6-7H2,1H3. The Labute approximate surface area is 83.1 Å². The van der Waals surface area contributed by atoms with Crippen LogP contribution in [0.2, 0.25) is 0 Å². The molecule has 0 saturated carbocycles. The first-order valence-corrected chi connectivity index (χ1v) is 4.82. The van der Waals surface area contributed by atoms with E-state index in [-0.39, 0.29) is 12.7 Å². The zero-order valence-corrected chi connectivity index (χ0v) is 8.16. The molecule has 76 valence electrons. The summed E-state index contributed by atoms with van der Waals surface area (Å²) in [7, 11) is 1.87. The summed E-state index contributed by atoms with van der Waals surface area (Å²) in [5.74, 6) is 0. The second kappa shape index (κ2) is 4.07. The molecule has 2 unspecified atom stereocenters. The van der Waals surface area contributed by atoms with Gasteiger partial charge >= 0.3 is 0 Å². The zero-order valence-electron chi connectivity index (χ0n) is 8.16. The van der Waals surface area contributed by atoms with Gasteiger partial charge in [0.25, 0.3) is 0 Å². The van der Waals surface area contributed by atoms with Crippen LogP contribution in [0.5, 0.6) is 0 Å². The number of fused-ring (bicyclic) bond motifs is 1. The van der Waals surface area contributed by atoms with Crippen LogP contribution >= 0.6 is 0 Å². The van der Waals surface area contributed by atoms with Crippen LogP contribution in [0.15, 0.2) is 24.3 Å². The number of alkyl halides is 1. The molecule has 0 fully saturated rings. The average molecular weight is 195 g/mol. The fourth-order valence-electron chi connectivity index (χ4n) is 1.82. The van der Waals surface area contributed by atoms with E-state index >= 15 is 0 Å². The lowest BCUT2D eigenvalue weighted by Crippen LogP contribution is -2.26. The molecular weight excluding hydrogens is 181 g/mol. The van der Waals surface area contributed by atoms with E-state index in [1.165, 1.54) is 0 Å². The molecule has 0 spiro atoms. The third-order valence-electron chi connectivity index (χ3n) is 2.51. The summed E-state index contributed by atoms with van der Waals surface area (Å²) in [5, 5.41) is 3.05. The van der Waals surface area contributed by atoms with Crippen molar-refractivity contribution in [2.24, 2.45) is 0 Å². The molecule has 1 N–H and O–H groups in total. The summed E-state index contributed by atoms with van der Waals surface area (Å²) >= 11 is 0.